The average Bonchev–Trinajstić information content (AvgIpc) is 2.62. The summed E-state index contributed by atoms with van der Waals surface area (Å²) in [5.74, 6) is 0.0507. The lowest BCUT2D eigenvalue weighted by atomic mass is 10.00. The Morgan fingerprint density at radius 1 is 1.60 bits per heavy atom. The van der Waals surface area contributed by atoms with Gasteiger partial charge in [-0.05, 0) is 31.9 Å². The van der Waals surface area contributed by atoms with Gasteiger partial charge in [-0.2, -0.15) is 0 Å². The molecule has 0 aliphatic carbocycles. The quantitative estimate of drug-likeness (QED) is 0.680. The highest BCUT2D eigenvalue weighted by Crippen LogP contribution is 2.06. The zero-order valence-electron chi connectivity index (χ0n) is 9.34. The van der Waals surface area contributed by atoms with Crippen molar-refractivity contribution in [2.75, 3.05) is 0 Å². The van der Waals surface area contributed by atoms with Crippen molar-refractivity contribution in [1.82, 2.24) is 10.3 Å². The van der Waals surface area contributed by atoms with E-state index in [0.717, 1.165) is 5.56 Å². The summed E-state index contributed by atoms with van der Waals surface area (Å²) in [4.78, 5) is 14.3. The molecule has 1 aromatic rings. The molecule has 1 rings (SSSR count). The molecule has 84 valence electrons. The lowest BCUT2D eigenvalue weighted by Crippen LogP contribution is -2.34. The first-order chi connectivity index (χ1) is 6.97. The summed E-state index contributed by atoms with van der Waals surface area (Å²) < 4.78 is 0. The molecule has 0 fully saturated rings. The van der Waals surface area contributed by atoms with E-state index in [1.807, 2.05) is 32.3 Å². The van der Waals surface area contributed by atoms with Gasteiger partial charge in [-0.15, -0.1) is 0 Å². The first-order valence-corrected chi connectivity index (χ1v) is 5.15. The molecule has 0 aliphatic rings. The second kappa shape index (κ2) is 4.98. The number of aromatic amines is 1. The van der Waals surface area contributed by atoms with Crippen molar-refractivity contribution in [2.24, 2.45) is 5.73 Å². The lowest BCUT2D eigenvalue weighted by Gasteiger charge is -2.17. The van der Waals surface area contributed by atoms with Crippen LogP contribution in [0.1, 0.15) is 32.3 Å². The van der Waals surface area contributed by atoms with Gasteiger partial charge in [0.15, 0.2) is 0 Å². The molecule has 0 spiro atoms. The summed E-state index contributed by atoms with van der Waals surface area (Å²) >= 11 is 0. The van der Waals surface area contributed by atoms with Gasteiger partial charge in [0.05, 0.1) is 0 Å². The molecule has 0 saturated carbocycles. The van der Waals surface area contributed by atoms with Gasteiger partial charge in [-0.25, -0.2) is 0 Å². The SMILES string of the molecule is CC(C)(N)CCC(=O)NCc1cc[nH]c1. The van der Waals surface area contributed by atoms with Crippen LogP contribution in [0.3, 0.4) is 0 Å². The fourth-order valence-electron chi connectivity index (χ4n) is 1.19. The van der Waals surface area contributed by atoms with Crippen LogP contribution < -0.4 is 11.1 Å². The van der Waals surface area contributed by atoms with Crippen molar-refractivity contribution in [3.63, 3.8) is 0 Å². The summed E-state index contributed by atoms with van der Waals surface area (Å²) in [5.41, 5.74) is 6.60. The predicted octanol–water partition coefficient (Wildman–Crippen LogP) is 1.15. The number of aromatic nitrogens is 1. The van der Waals surface area contributed by atoms with Crippen molar-refractivity contribution in [3.05, 3.63) is 24.0 Å². The van der Waals surface area contributed by atoms with Gasteiger partial charge in [0.2, 0.25) is 5.91 Å². The first kappa shape index (κ1) is 11.8. The maximum absolute atomic E-state index is 11.4. The molecule has 15 heavy (non-hydrogen) atoms. The van der Waals surface area contributed by atoms with Crippen LogP contribution in [0.15, 0.2) is 18.5 Å². The van der Waals surface area contributed by atoms with E-state index in [2.05, 4.69) is 10.3 Å². The monoisotopic (exact) mass is 209 g/mol. The van der Waals surface area contributed by atoms with E-state index in [0.29, 0.717) is 19.4 Å². The van der Waals surface area contributed by atoms with Crippen LogP contribution in [-0.2, 0) is 11.3 Å². The number of hydrogen-bond donors (Lipinski definition) is 3. The standard InChI is InChI=1S/C11H19N3O/c1-11(2,12)5-3-10(15)14-8-9-4-6-13-7-9/h4,6-7,13H,3,5,8,12H2,1-2H3,(H,14,15). The molecule has 0 saturated heterocycles. The fourth-order valence-corrected chi connectivity index (χ4v) is 1.19. The number of amides is 1. The minimum absolute atomic E-state index is 0.0507. The highest BCUT2D eigenvalue weighted by atomic mass is 16.1. The van der Waals surface area contributed by atoms with Gasteiger partial charge in [0.25, 0.3) is 0 Å². The third-order valence-electron chi connectivity index (χ3n) is 2.15. The minimum Gasteiger partial charge on any atom is -0.367 e. The molecule has 0 unspecified atom stereocenters. The molecule has 0 radical (unpaired) electrons. The maximum Gasteiger partial charge on any atom is 0.220 e. The highest BCUT2D eigenvalue weighted by molar-refractivity contribution is 5.75. The third-order valence-corrected chi connectivity index (χ3v) is 2.15. The molecule has 0 aliphatic heterocycles. The summed E-state index contributed by atoms with van der Waals surface area (Å²) in [7, 11) is 0. The van der Waals surface area contributed by atoms with Gasteiger partial charge in [-0.1, -0.05) is 0 Å². The van der Waals surface area contributed by atoms with Gasteiger partial charge in [0.1, 0.15) is 0 Å². The second-order valence-corrected chi connectivity index (χ2v) is 4.48. The van der Waals surface area contributed by atoms with Crippen LogP contribution in [0.25, 0.3) is 0 Å². The average molecular weight is 209 g/mol. The zero-order chi connectivity index (χ0) is 11.3. The Labute approximate surface area is 90.2 Å². The summed E-state index contributed by atoms with van der Waals surface area (Å²) in [6.07, 6.45) is 4.89. The molecular formula is C11H19N3O. The largest absolute Gasteiger partial charge is 0.367 e. The molecule has 4 nitrogen and oxygen atoms in total. The molecule has 0 aromatic carbocycles. The smallest absolute Gasteiger partial charge is 0.220 e. The predicted molar refractivity (Wildman–Crippen MR) is 60.1 cm³/mol. The van der Waals surface area contributed by atoms with Crippen LogP contribution >= 0.6 is 0 Å². The highest BCUT2D eigenvalue weighted by Gasteiger charge is 2.12. The Morgan fingerprint density at radius 2 is 2.33 bits per heavy atom. The van der Waals surface area contributed by atoms with Crippen LogP contribution in [0.2, 0.25) is 0 Å². The van der Waals surface area contributed by atoms with E-state index in [-0.39, 0.29) is 11.4 Å². The number of hydrogen-bond acceptors (Lipinski definition) is 2. The minimum atomic E-state index is -0.272. The number of rotatable bonds is 5. The molecule has 0 atom stereocenters. The van der Waals surface area contributed by atoms with Gasteiger partial charge < -0.3 is 16.0 Å². The van der Waals surface area contributed by atoms with E-state index in [1.165, 1.54) is 0 Å². The zero-order valence-corrected chi connectivity index (χ0v) is 9.34. The molecule has 0 bridgehead atoms. The number of carbonyl (C=O) groups excluding carboxylic acids is 1. The van der Waals surface area contributed by atoms with E-state index < -0.39 is 0 Å². The molecule has 1 amide bonds. The van der Waals surface area contributed by atoms with Crippen molar-refractivity contribution in [2.45, 2.75) is 38.8 Å². The summed E-state index contributed by atoms with van der Waals surface area (Å²) in [6.45, 7) is 4.42. The van der Waals surface area contributed by atoms with Gasteiger partial charge in [0, 0.05) is 30.9 Å². The first-order valence-electron chi connectivity index (χ1n) is 5.15. The van der Waals surface area contributed by atoms with Gasteiger partial charge in [-0.3, -0.25) is 4.79 Å². The Kier molecular flexibility index (Phi) is 3.91. The van der Waals surface area contributed by atoms with Crippen LogP contribution in [-0.4, -0.2) is 16.4 Å². The summed E-state index contributed by atoms with van der Waals surface area (Å²) in [5, 5.41) is 2.84. The second-order valence-electron chi connectivity index (χ2n) is 4.48. The van der Waals surface area contributed by atoms with E-state index >= 15 is 0 Å². The Bertz CT molecular complexity index is 298. The number of nitrogens with one attached hydrogen (secondary N) is 2. The molecule has 1 aromatic heterocycles. The Balaban J connectivity index is 2.20. The number of carbonyl (C=O) groups is 1. The maximum atomic E-state index is 11.4. The Hall–Kier alpha value is -1.29. The topological polar surface area (TPSA) is 70.9 Å². The van der Waals surface area contributed by atoms with Crippen LogP contribution in [0, 0.1) is 0 Å². The van der Waals surface area contributed by atoms with Crippen molar-refractivity contribution >= 4 is 5.91 Å². The van der Waals surface area contributed by atoms with Crippen molar-refractivity contribution in [3.8, 4) is 0 Å². The molecule has 1 heterocycles. The third kappa shape index (κ3) is 5.22. The van der Waals surface area contributed by atoms with E-state index in [4.69, 9.17) is 5.73 Å². The van der Waals surface area contributed by atoms with Crippen LogP contribution in [0.5, 0.6) is 0 Å². The summed E-state index contributed by atoms with van der Waals surface area (Å²) in [6, 6.07) is 1.94. The van der Waals surface area contributed by atoms with Crippen molar-refractivity contribution < 1.29 is 4.79 Å². The fraction of sp³-hybridized carbons (Fsp3) is 0.545. The van der Waals surface area contributed by atoms with E-state index in [9.17, 15) is 4.79 Å². The normalized spacial score (nSPS) is 11.4. The number of H-pyrrole nitrogens is 1. The molecule has 4 heteroatoms. The Morgan fingerprint density at radius 3 is 2.87 bits per heavy atom. The van der Waals surface area contributed by atoms with Crippen LogP contribution in [0.4, 0.5) is 0 Å². The lowest BCUT2D eigenvalue weighted by molar-refractivity contribution is -0.121. The molecule has 4 N–H and O–H groups in total. The number of nitrogens with two attached hydrogens (primary N) is 1. The molecular weight excluding hydrogens is 190 g/mol. The van der Waals surface area contributed by atoms with Gasteiger partial charge >= 0.3 is 0 Å². The van der Waals surface area contributed by atoms with E-state index in [1.54, 1.807) is 0 Å². The van der Waals surface area contributed by atoms with Crippen molar-refractivity contribution in [1.29, 1.82) is 0 Å².